The lowest BCUT2D eigenvalue weighted by molar-refractivity contribution is 0.0797. The van der Waals surface area contributed by atoms with Gasteiger partial charge in [-0.1, -0.05) is 56.1 Å². The van der Waals surface area contributed by atoms with Gasteiger partial charge in [0.2, 0.25) is 17.2 Å². The fourth-order valence-corrected chi connectivity index (χ4v) is 5.30. The first-order valence-corrected chi connectivity index (χ1v) is 10.7. The lowest BCUT2D eigenvalue weighted by Gasteiger charge is -2.43. The SMILES string of the molecule is CN1c2ccc(Br)cc2-c2cc(Br)ccc2N(C)C12C(=O)c1ccccc1C2=O. The third-order valence-electron chi connectivity index (χ3n) is 5.95. The Morgan fingerprint density at radius 3 is 1.48 bits per heavy atom. The summed E-state index contributed by atoms with van der Waals surface area (Å²) in [5.74, 6) is -0.402. The molecule has 1 heterocycles. The molecule has 3 aromatic rings. The van der Waals surface area contributed by atoms with Crippen LogP contribution in [0.1, 0.15) is 20.7 Å². The summed E-state index contributed by atoms with van der Waals surface area (Å²) in [5.41, 5.74) is 3.03. The van der Waals surface area contributed by atoms with E-state index >= 15 is 0 Å². The third kappa shape index (κ3) is 2.30. The Labute approximate surface area is 185 Å². The summed E-state index contributed by atoms with van der Waals surface area (Å²) in [4.78, 5) is 31.2. The number of hydrogen-bond donors (Lipinski definition) is 0. The van der Waals surface area contributed by atoms with Crippen LogP contribution in [0.15, 0.2) is 69.6 Å². The Balaban J connectivity index is 1.89. The highest BCUT2D eigenvalue weighted by Gasteiger charge is 2.60. The molecule has 0 saturated carbocycles. The number of likely N-dealkylation sites (N-methyl/N-ethyl adjacent to an activating group) is 2. The van der Waals surface area contributed by atoms with Crippen molar-refractivity contribution in [1.29, 1.82) is 0 Å². The van der Waals surface area contributed by atoms with E-state index in [0.717, 1.165) is 31.4 Å². The summed E-state index contributed by atoms with van der Waals surface area (Å²) in [6.45, 7) is 0. The number of carbonyl (C=O) groups is 2. The Kier molecular flexibility index (Phi) is 4.02. The summed E-state index contributed by atoms with van der Waals surface area (Å²) >= 11 is 7.13. The van der Waals surface area contributed by atoms with Gasteiger partial charge in [0.25, 0.3) is 0 Å². The lowest BCUT2D eigenvalue weighted by atomic mass is 9.99. The molecule has 0 N–H and O–H groups in total. The fraction of sp³-hybridized carbons (Fsp3) is 0.130. The van der Waals surface area contributed by atoms with E-state index in [2.05, 4.69) is 31.9 Å². The van der Waals surface area contributed by atoms with Crippen molar-refractivity contribution in [2.45, 2.75) is 5.66 Å². The number of halogens is 2. The number of rotatable bonds is 0. The maximum atomic E-state index is 13.8. The second-order valence-electron chi connectivity index (χ2n) is 7.32. The monoisotopic (exact) mass is 510 g/mol. The highest BCUT2D eigenvalue weighted by atomic mass is 79.9. The zero-order chi connectivity index (χ0) is 20.5. The molecule has 0 unspecified atom stereocenters. The molecule has 4 nitrogen and oxygen atoms in total. The average Bonchev–Trinajstić information content (AvgIpc) is 2.91. The predicted octanol–water partition coefficient (Wildman–Crippen LogP) is 5.54. The summed E-state index contributed by atoms with van der Waals surface area (Å²) in [7, 11) is 3.65. The lowest BCUT2D eigenvalue weighted by Crippen LogP contribution is -2.66. The first-order chi connectivity index (χ1) is 13.9. The van der Waals surface area contributed by atoms with E-state index in [1.165, 1.54) is 0 Å². The van der Waals surface area contributed by atoms with Crippen LogP contribution in [0.4, 0.5) is 11.4 Å². The van der Waals surface area contributed by atoms with Gasteiger partial charge in [0, 0.05) is 56.7 Å². The van der Waals surface area contributed by atoms with Crippen molar-refractivity contribution in [3.05, 3.63) is 80.7 Å². The van der Waals surface area contributed by atoms with Crippen molar-refractivity contribution in [3.63, 3.8) is 0 Å². The minimum atomic E-state index is -1.47. The van der Waals surface area contributed by atoms with Crippen LogP contribution < -0.4 is 9.80 Å². The van der Waals surface area contributed by atoms with Crippen LogP contribution in [-0.4, -0.2) is 31.3 Å². The van der Waals surface area contributed by atoms with Crippen LogP contribution in [0, 0.1) is 0 Å². The van der Waals surface area contributed by atoms with E-state index in [1.807, 2.05) is 60.3 Å². The maximum Gasteiger partial charge on any atom is 0.242 e. The first kappa shape index (κ1) is 18.6. The van der Waals surface area contributed by atoms with E-state index in [4.69, 9.17) is 0 Å². The van der Waals surface area contributed by atoms with Crippen molar-refractivity contribution in [2.75, 3.05) is 23.9 Å². The highest BCUT2D eigenvalue weighted by Crippen LogP contribution is 2.50. The van der Waals surface area contributed by atoms with Gasteiger partial charge in [-0.15, -0.1) is 0 Å². The number of anilines is 2. The molecular formula is C23H16Br2N2O2. The smallest absolute Gasteiger partial charge is 0.242 e. The van der Waals surface area contributed by atoms with Gasteiger partial charge in [0.05, 0.1) is 0 Å². The zero-order valence-electron chi connectivity index (χ0n) is 15.7. The van der Waals surface area contributed by atoms with Gasteiger partial charge in [-0.25, -0.2) is 0 Å². The van der Waals surface area contributed by atoms with Crippen LogP contribution >= 0.6 is 31.9 Å². The first-order valence-electron chi connectivity index (χ1n) is 9.13. The quantitative estimate of drug-likeness (QED) is 0.371. The second-order valence-corrected chi connectivity index (χ2v) is 9.15. The summed E-state index contributed by atoms with van der Waals surface area (Å²) in [6.07, 6.45) is 0. The van der Waals surface area contributed by atoms with Crippen molar-refractivity contribution in [3.8, 4) is 11.1 Å². The molecule has 2 aliphatic rings. The van der Waals surface area contributed by atoms with Gasteiger partial charge >= 0.3 is 0 Å². The van der Waals surface area contributed by atoms with E-state index in [1.54, 1.807) is 24.3 Å². The molecule has 1 spiro atoms. The molecule has 0 amide bonds. The molecule has 1 aliphatic carbocycles. The number of ketones is 2. The summed E-state index contributed by atoms with van der Waals surface area (Å²) < 4.78 is 1.86. The second kappa shape index (κ2) is 6.28. The van der Waals surface area contributed by atoms with Crippen molar-refractivity contribution < 1.29 is 9.59 Å². The van der Waals surface area contributed by atoms with E-state index in [0.29, 0.717) is 11.1 Å². The fourth-order valence-electron chi connectivity index (χ4n) is 4.57. The van der Waals surface area contributed by atoms with Crippen LogP contribution in [0.5, 0.6) is 0 Å². The molecule has 0 aromatic heterocycles. The molecule has 29 heavy (non-hydrogen) atoms. The number of Topliss-reactive ketones (excluding diaryl/α,β-unsaturated/α-hetero) is 2. The summed E-state index contributed by atoms with van der Waals surface area (Å²) in [5, 5.41) is 0. The van der Waals surface area contributed by atoms with Crippen LogP contribution in [0.2, 0.25) is 0 Å². The normalized spacial score (nSPS) is 16.6. The minimum Gasteiger partial charge on any atom is -0.338 e. The molecule has 0 bridgehead atoms. The largest absolute Gasteiger partial charge is 0.338 e. The van der Waals surface area contributed by atoms with E-state index < -0.39 is 5.66 Å². The molecule has 0 atom stereocenters. The van der Waals surface area contributed by atoms with Crippen molar-refractivity contribution in [1.82, 2.24) is 0 Å². The molecule has 0 saturated heterocycles. The Hall–Kier alpha value is -2.44. The Morgan fingerprint density at radius 2 is 1.07 bits per heavy atom. The highest BCUT2D eigenvalue weighted by molar-refractivity contribution is 9.10. The minimum absolute atomic E-state index is 0.201. The number of carbonyl (C=O) groups excluding carboxylic acids is 2. The molecule has 144 valence electrons. The molecule has 3 aromatic carbocycles. The molecule has 1 aliphatic heterocycles. The van der Waals surface area contributed by atoms with Crippen molar-refractivity contribution in [2.24, 2.45) is 0 Å². The summed E-state index contributed by atoms with van der Waals surface area (Å²) in [6, 6.07) is 18.9. The van der Waals surface area contributed by atoms with Crippen LogP contribution in [0.25, 0.3) is 11.1 Å². The number of nitrogens with zero attached hydrogens (tertiary/aromatic N) is 2. The molecule has 6 heteroatoms. The van der Waals surface area contributed by atoms with Gasteiger partial charge in [0.1, 0.15) is 0 Å². The van der Waals surface area contributed by atoms with Gasteiger partial charge in [0.15, 0.2) is 0 Å². The Morgan fingerprint density at radius 1 is 0.655 bits per heavy atom. The van der Waals surface area contributed by atoms with Gasteiger partial charge < -0.3 is 9.80 Å². The number of benzene rings is 3. The molecule has 0 fully saturated rings. The van der Waals surface area contributed by atoms with E-state index in [9.17, 15) is 9.59 Å². The van der Waals surface area contributed by atoms with E-state index in [-0.39, 0.29) is 11.6 Å². The van der Waals surface area contributed by atoms with Crippen molar-refractivity contribution >= 4 is 54.8 Å². The Bertz CT molecular complexity index is 1130. The molecular weight excluding hydrogens is 496 g/mol. The van der Waals surface area contributed by atoms with Crippen LogP contribution in [0.3, 0.4) is 0 Å². The average molecular weight is 512 g/mol. The third-order valence-corrected chi connectivity index (χ3v) is 6.94. The molecule has 5 rings (SSSR count). The van der Waals surface area contributed by atoms with Crippen LogP contribution in [-0.2, 0) is 0 Å². The molecule has 0 radical (unpaired) electrons. The van der Waals surface area contributed by atoms with Gasteiger partial charge in [-0.2, -0.15) is 0 Å². The number of hydrogen-bond acceptors (Lipinski definition) is 4. The zero-order valence-corrected chi connectivity index (χ0v) is 18.9. The number of fused-ring (bicyclic) bond motifs is 4. The van der Waals surface area contributed by atoms with Gasteiger partial charge in [-0.05, 0) is 36.4 Å². The topological polar surface area (TPSA) is 40.6 Å². The predicted molar refractivity (Wildman–Crippen MR) is 122 cm³/mol. The maximum absolute atomic E-state index is 13.8. The standard InChI is InChI=1S/C23H16Br2N2O2/c1-26-19-9-7-13(24)11-17(19)18-12-14(25)8-10-20(18)27(2)23(26)21(28)15-5-3-4-6-16(15)22(23)29/h3-12H,1-2H3. The van der Waals surface area contributed by atoms with Gasteiger partial charge in [-0.3, -0.25) is 9.59 Å².